The Morgan fingerprint density at radius 1 is 1.19 bits per heavy atom. The molecule has 21 heavy (non-hydrogen) atoms. The molecule has 0 aliphatic heterocycles. The molecule has 0 fully saturated rings. The predicted molar refractivity (Wildman–Crippen MR) is 82.4 cm³/mol. The van der Waals surface area contributed by atoms with E-state index in [4.69, 9.17) is 27.9 Å². The van der Waals surface area contributed by atoms with Gasteiger partial charge in [-0.3, -0.25) is 10.1 Å². The lowest BCUT2D eigenvalue weighted by Gasteiger charge is -2.09. The lowest BCUT2D eigenvalue weighted by Crippen LogP contribution is -2.04. The molecule has 0 amide bonds. The van der Waals surface area contributed by atoms with Crippen LogP contribution in [0.25, 0.3) is 0 Å². The molecule has 0 saturated heterocycles. The molecular weight excluding hydrogens is 315 g/mol. The largest absolute Gasteiger partial charge is 0.449 e. The first kappa shape index (κ1) is 15.6. The van der Waals surface area contributed by atoms with Crippen molar-refractivity contribution in [3.63, 3.8) is 0 Å². The number of benzene rings is 2. The SMILES string of the molecule is CNCc1ccc(Oc2cc(Cl)ccc2[N+](=O)[O-])c(Cl)c1. The molecule has 0 heterocycles. The van der Waals surface area contributed by atoms with Gasteiger partial charge in [-0.25, -0.2) is 0 Å². The van der Waals surface area contributed by atoms with Crippen molar-refractivity contribution in [2.75, 3.05) is 7.05 Å². The van der Waals surface area contributed by atoms with Crippen LogP contribution in [0.15, 0.2) is 36.4 Å². The third-order valence-corrected chi connectivity index (χ3v) is 3.25. The van der Waals surface area contributed by atoms with E-state index >= 15 is 0 Å². The fourth-order valence-corrected chi connectivity index (χ4v) is 2.18. The zero-order valence-corrected chi connectivity index (χ0v) is 12.6. The average molecular weight is 327 g/mol. The number of nitro benzene ring substituents is 1. The van der Waals surface area contributed by atoms with Crippen molar-refractivity contribution in [3.8, 4) is 11.5 Å². The molecule has 0 bridgehead atoms. The van der Waals surface area contributed by atoms with Gasteiger partial charge in [0.25, 0.3) is 0 Å². The Balaban J connectivity index is 2.34. The van der Waals surface area contributed by atoms with E-state index in [-0.39, 0.29) is 11.4 Å². The van der Waals surface area contributed by atoms with Gasteiger partial charge in [0.05, 0.1) is 9.95 Å². The van der Waals surface area contributed by atoms with Crippen LogP contribution >= 0.6 is 23.2 Å². The predicted octanol–water partition coefficient (Wildman–Crippen LogP) is 4.41. The molecule has 7 heteroatoms. The Labute approximate surface area is 131 Å². The first-order valence-corrected chi connectivity index (χ1v) is 6.81. The molecule has 2 rings (SSSR count). The van der Waals surface area contributed by atoms with Crippen LogP contribution in [0.1, 0.15) is 5.56 Å². The van der Waals surface area contributed by atoms with E-state index in [0.717, 1.165) is 5.56 Å². The molecule has 0 saturated carbocycles. The summed E-state index contributed by atoms with van der Waals surface area (Å²) in [6.07, 6.45) is 0. The van der Waals surface area contributed by atoms with Crippen molar-refractivity contribution in [3.05, 3.63) is 62.1 Å². The van der Waals surface area contributed by atoms with Crippen LogP contribution in [0.5, 0.6) is 11.5 Å². The molecule has 5 nitrogen and oxygen atoms in total. The molecule has 0 aliphatic rings. The third kappa shape index (κ3) is 3.85. The highest BCUT2D eigenvalue weighted by Gasteiger charge is 2.17. The Morgan fingerprint density at radius 2 is 1.95 bits per heavy atom. The van der Waals surface area contributed by atoms with Crippen molar-refractivity contribution in [2.45, 2.75) is 6.54 Å². The molecule has 0 radical (unpaired) electrons. The van der Waals surface area contributed by atoms with E-state index in [2.05, 4.69) is 5.32 Å². The van der Waals surface area contributed by atoms with Crippen molar-refractivity contribution >= 4 is 28.9 Å². The van der Waals surface area contributed by atoms with Crippen LogP contribution in [-0.2, 0) is 6.54 Å². The smallest absolute Gasteiger partial charge is 0.311 e. The second-order valence-corrected chi connectivity index (χ2v) is 5.11. The summed E-state index contributed by atoms with van der Waals surface area (Å²) in [5.74, 6) is 0.387. The zero-order valence-electron chi connectivity index (χ0n) is 11.1. The highest BCUT2D eigenvalue weighted by Crippen LogP contribution is 2.36. The molecular formula is C14H12Cl2N2O3. The minimum Gasteiger partial charge on any atom is -0.449 e. The van der Waals surface area contributed by atoms with E-state index < -0.39 is 4.92 Å². The van der Waals surface area contributed by atoms with E-state index in [0.29, 0.717) is 22.3 Å². The molecule has 1 N–H and O–H groups in total. The lowest BCUT2D eigenvalue weighted by atomic mass is 10.2. The van der Waals surface area contributed by atoms with Gasteiger partial charge < -0.3 is 10.1 Å². The summed E-state index contributed by atoms with van der Waals surface area (Å²) in [6, 6.07) is 9.35. The summed E-state index contributed by atoms with van der Waals surface area (Å²) in [4.78, 5) is 10.5. The van der Waals surface area contributed by atoms with Gasteiger partial charge >= 0.3 is 5.69 Å². The molecule has 0 aliphatic carbocycles. The minimum atomic E-state index is -0.533. The van der Waals surface area contributed by atoms with Gasteiger partial charge in [-0.05, 0) is 30.8 Å². The summed E-state index contributed by atoms with van der Waals surface area (Å²) in [5.41, 5.74) is 0.810. The molecule has 0 atom stereocenters. The number of nitrogens with one attached hydrogen (secondary N) is 1. The second kappa shape index (κ2) is 6.76. The average Bonchev–Trinajstić information content (AvgIpc) is 2.42. The Hall–Kier alpha value is -1.82. The molecule has 2 aromatic rings. The monoisotopic (exact) mass is 326 g/mol. The van der Waals surface area contributed by atoms with Gasteiger partial charge in [0.2, 0.25) is 5.75 Å². The maximum Gasteiger partial charge on any atom is 0.311 e. The van der Waals surface area contributed by atoms with Crippen molar-refractivity contribution < 1.29 is 9.66 Å². The molecule has 0 spiro atoms. The minimum absolute atomic E-state index is 0.0516. The zero-order chi connectivity index (χ0) is 15.4. The van der Waals surface area contributed by atoms with Gasteiger partial charge in [0, 0.05) is 23.7 Å². The Morgan fingerprint density at radius 3 is 2.57 bits per heavy atom. The Kier molecular flexibility index (Phi) is 5.01. The van der Waals surface area contributed by atoms with Crippen LogP contribution in [0.3, 0.4) is 0 Å². The maximum absolute atomic E-state index is 11.0. The highest BCUT2D eigenvalue weighted by molar-refractivity contribution is 6.32. The summed E-state index contributed by atoms with van der Waals surface area (Å²) < 4.78 is 5.54. The fourth-order valence-electron chi connectivity index (χ4n) is 1.78. The summed E-state index contributed by atoms with van der Waals surface area (Å²) >= 11 is 12.0. The maximum atomic E-state index is 11.0. The van der Waals surface area contributed by atoms with E-state index in [1.54, 1.807) is 12.1 Å². The number of halogens is 2. The van der Waals surface area contributed by atoms with Crippen molar-refractivity contribution in [1.29, 1.82) is 0 Å². The quantitative estimate of drug-likeness (QED) is 0.652. The highest BCUT2D eigenvalue weighted by atomic mass is 35.5. The fraction of sp³-hybridized carbons (Fsp3) is 0.143. The summed E-state index contributed by atoms with van der Waals surface area (Å²) in [6.45, 7) is 0.664. The van der Waals surface area contributed by atoms with Gasteiger partial charge in [0.1, 0.15) is 5.75 Å². The topological polar surface area (TPSA) is 64.4 Å². The summed E-state index contributed by atoms with van der Waals surface area (Å²) in [5, 5.41) is 14.7. The third-order valence-electron chi connectivity index (χ3n) is 2.72. The number of nitrogens with zero attached hydrogens (tertiary/aromatic N) is 1. The Bertz CT molecular complexity index is 677. The van der Waals surface area contributed by atoms with Crippen LogP contribution in [-0.4, -0.2) is 12.0 Å². The van der Waals surface area contributed by atoms with Gasteiger partial charge in [-0.15, -0.1) is 0 Å². The van der Waals surface area contributed by atoms with Crippen LogP contribution in [0.2, 0.25) is 10.0 Å². The number of hydrogen-bond acceptors (Lipinski definition) is 4. The molecule has 0 unspecified atom stereocenters. The number of rotatable bonds is 5. The van der Waals surface area contributed by atoms with Crippen molar-refractivity contribution in [1.82, 2.24) is 5.32 Å². The number of nitro groups is 1. The van der Waals surface area contributed by atoms with Crippen LogP contribution in [0, 0.1) is 10.1 Å². The lowest BCUT2D eigenvalue weighted by molar-refractivity contribution is -0.385. The normalized spacial score (nSPS) is 10.4. The van der Waals surface area contributed by atoms with Gasteiger partial charge in [-0.1, -0.05) is 29.3 Å². The van der Waals surface area contributed by atoms with Crippen molar-refractivity contribution in [2.24, 2.45) is 0 Å². The van der Waals surface area contributed by atoms with Crippen LogP contribution in [0.4, 0.5) is 5.69 Å². The van der Waals surface area contributed by atoms with Crippen LogP contribution < -0.4 is 10.1 Å². The van der Waals surface area contributed by atoms with Gasteiger partial charge in [-0.2, -0.15) is 0 Å². The number of ether oxygens (including phenoxy) is 1. The second-order valence-electron chi connectivity index (χ2n) is 4.27. The van der Waals surface area contributed by atoms with E-state index in [1.807, 2.05) is 13.1 Å². The first-order valence-electron chi connectivity index (χ1n) is 6.06. The molecule has 0 aromatic heterocycles. The standard InChI is InChI=1S/C14H12Cl2N2O3/c1-17-8-9-2-5-13(11(16)6-9)21-14-7-10(15)3-4-12(14)18(19)20/h2-7,17H,8H2,1H3. The molecule has 2 aromatic carbocycles. The first-order chi connectivity index (χ1) is 10.0. The van der Waals surface area contributed by atoms with E-state index in [1.165, 1.54) is 18.2 Å². The van der Waals surface area contributed by atoms with Gasteiger partial charge in [0.15, 0.2) is 0 Å². The molecule has 110 valence electrons. The van der Waals surface area contributed by atoms with E-state index in [9.17, 15) is 10.1 Å². The summed E-state index contributed by atoms with van der Waals surface area (Å²) in [7, 11) is 1.83. The number of hydrogen-bond donors (Lipinski definition) is 1.